The number of aryl methyl sites for hydroxylation is 2. The number of imidazole rings is 1. The van der Waals surface area contributed by atoms with Crippen molar-refractivity contribution in [1.82, 2.24) is 19.9 Å². The summed E-state index contributed by atoms with van der Waals surface area (Å²) in [5.74, 6) is 1.08. The Morgan fingerprint density at radius 3 is 2.31 bits per heavy atom. The van der Waals surface area contributed by atoms with Crippen LogP contribution in [0, 0.1) is 0 Å². The summed E-state index contributed by atoms with van der Waals surface area (Å²) >= 11 is 0. The first-order valence-corrected chi connectivity index (χ1v) is 12.4. The first kappa shape index (κ1) is 24.0. The Labute approximate surface area is 192 Å². The topological polar surface area (TPSA) is 59.8 Å². The number of nitrogens with one attached hydrogen (secondary N) is 1. The van der Waals surface area contributed by atoms with Crippen molar-refractivity contribution >= 4 is 16.9 Å². The number of amides is 1. The third-order valence-corrected chi connectivity index (χ3v) is 6.02. The van der Waals surface area contributed by atoms with Crippen molar-refractivity contribution in [3.63, 3.8) is 0 Å². The predicted molar refractivity (Wildman–Crippen MR) is 132 cm³/mol. The molecule has 1 aromatic carbocycles. The lowest BCUT2D eigenvalue weighted by Crippen LogP contribution is -2.25. The molecule has 0 unspecified atom stereocenters. The normalized spacial score (nSPS) is 11.2. The van der Waals surface area contributed by atoms with Gasteiger partial charge in [0.2, 0.25) is 0 Å². The maximum atomic E-state index is 12.2. The maximum Gasteiger partial charge on any atom is 0.251 e. The lowest BCUT2D eigenvalue weighted by molar-refractivity contribution is 0.0953. The van der Waals surface area contributed by atoms with E-state index in [1.165, 1.54) is 63.3 Å². The highest BCUT2D eigenvalue weighted by atomic mass is 16.1. The van der Waals surface area contributed by atoms with E-state index in [1.807, 2.05) is 0 Å². The molecule has 0 saturated carbocycles. The van der Waals surface area contributed by atoms with Crippen LogP contribution >= 0.6 is 0 Å². The molecule has 0 aliphatic heterocycles. The molecule has 0 atom stereocenters. The molecule has 1 N–H and O–H groups in total. The van der Waals surface area contributed by atoms with Gasteiger partial charge in [-0.25, -0.2) is 4.98 Å². The van der Waals surface area contributed by atoms with Crippen LogP contribution in [0.15, 0.2) is 48.8 Å². The van der Waals surface area contributed by atoms with Crippen LogP contribution in [0.2, 0.25) is 0 Å². The number of carbonyl (C=O) groups excluding carboxylic acids is 1. The summed E-state index contributed by atoms with van der Waals surface area (Å²) < 4.78 is 2.39. The Morgan fingerprint density at radius 2 is 1.56 bits per heavy atom. The number of nitrogens with zero attached hydrogens (tertiary/aromatic N) is 3. The van der Waals surface area contributed by atoms with Crippen LogP contribution in [-0.2, 0) is 13.0 Å². The van der Waals surface area contributed by atoms with Crippen molar-refractivity contribution in [1.29, 1.82) is 0 Å². The largest absolute Gasteiger partial charge is 0.352 e. The first-order valence-electron chi connectivity index (χ1n) is 12.4. The molecule has 3 aromatic rings. The van der Waals surface area contributed by atoms with E-state index in [-0.39, 0.29) is 5.91 Å². The van der Waals surface area contributed by atoms with Gasteiger partial charge in [-0.3, -0.25) is 9.78 Å². The molecule has 0 fully saturated rings. The molecule has 5 heteroatoms. The number of rotatable bonds is 15. The summed E-state index contributed by atoms with van der Waals surface area (Å²) in [6.07, 6.45) is 17.0. The molecule has 1 amide bonds. The van der Waals surface area contributed by atoms with Crippen molar-refractivity contribution in [2.45, 2.75) is 84.1 Å². The molecule has 0 bridgehead atoms. The zero-order valence-corrected chi connectivity index (χ0v) is 19.6. The van der Waals surface area contributed by atoms with Crippen molar-refractivity contribution in [2.75, 3.05) is 6.54 Å². The molecule has 0 spiro atoms. The molecule has 172 valence electrons. The third-order valence-electron chi connectivity index (χ3n) is 6.02. The van der Waals surface area contributed by atoms with Crippen LogP contribution in [-0.4, -0.2) is 27.0 Å². The van der Waals surface area contributed by atoms with Crippen LogP contribution in [0.5, 0.6) is 0 Å². The summed E-state index contributed by atoms with van der Waals surface area (Å²) in [7, 11) is 0. The number of hydrogen-bond acceptors (Lipinski definition) is 3. The van der Waals surface area contributed by atoms with Gasteiger partial charge in [0.1, 0.15) is 5.82 Å². The second kappa shape index (κ2) is 13.7. The smallest absolute Gasteiger partial charge is 0.251 e. The standard InChI is InChI=1S/C27H38N4O/c1-2-3-4-5-6-7-8-9-12-22-31-25-15-11-10-14-24(25)30-26(31)16-13-19-29-27(32)23-17-20-28-21-18-23/h10-11,14-15,17-18,20-21H,2-9,12-13,16,19,22H2,1H3,(H,29,32). The fourth-order valence-electron chi connectivity index (χ4n) is 4.20. The highest BCUT2D eigenvalue weighted by Gasteiger charge is 2.10. The number of fused-ring (bicyclic) bond motifs is 1. The van der Waals surface area contributed by atoms with Crippen LogP contribution in [0.3, 0.4) is 0 Å². The summed E-state index contributed by atoms with van der Waals surface area (Å²) in [5, 5.41) is 3.00. The van der Waals surface area contributed by atoms with E-state index < -0.39 is 0 Å². The fourth-order valence-corrected chi connectivity index (χ4v) is 4.20. The molecule has 3 rings (SSSR count). The Bertz CT molecular complexity index is 935. The molecule has 2 heterocycles. The van der Waals surface area contributed by atoms with Gasteiger partial charge in [0, 0.05) is 37.5 Å². The van der Waals surface area contributed by atoms with Gasteiger partial charge in [0.25, 0.3) is 5.91 Å². The lowest BCUT2D eigenvalue weighted by atomic mass is 10.1. The molecular formula is C27H38N4O. The van der Waals surface area contributed by atoms with Gasteiger partial charge in [0.05, 0.1) is 11.0 Å². The van der Waals surface area contributed by atoms with Crippen LogP contribution in [0.1, 0.15) is 87.3 Å². The molecule has 0 saturated heterocycles. The zero-order valence-electron chi connectivity index (χ0n) is 19.6. The number of carbonyl (C=O) groups is 1. The molecule has 0 radical (unpaired) electrons. The average Bonchev–Trinajstić information content (AvgIpc) is 3.18. The fraction of sp³-hybridized carbons (Fsp3) is 0.519. The Hall–Kier alpha value is -2.69. The minimum Gasteiger partial charge on any atom is -0.352 e. The highest BCUT2D eigenvalue weighted by Crippen LogP contribution is 2.19. The SMILES string of the molecule is CCCCCCCCCCCn1c(CCCNC(=O)c2ccncc2)nc2ccccc21. The van der Waals surface area contributed by atoms with Gasteiger partial charge in [-0.2, -0.15) is 0 Å². The summed E-state index contributed by atoms with van der Waals surface area (Å²) in [5.41, 5.74) is 2.94. The molecule has 0 aliphatic carbocycles. The van der Waals surface area contributed by atoms with Gasteiger partial charge in [-0.15, -0.1) is 0 Å². The van der Waals surface area contributed by atoms with E-state index in [0.717, 1.165) is 30.7 Å². The maximum absolute atomic E-state index is 12.2. The third kappa shape index (κ3) is 7.47. The number of pyridine rings is 1. The number of benzene rings is 1. The lowest BCUT2D eigenvalue weighted by Gasteiger charge is -2.10. The monoisotopic (exact) mass is 434 g/mol. The average molecular weight is 435 g/mol. The Balaban J connectivity index is 1.44. The van der Waals surface area contributed by atoms with Crippen LogP contribution in [0.25, 0.3) is 11.0 Å². The molecule has 32 heavy (non-hydrogen) atoms. The van der Waals surface area contributed by atoms with Crippen LogP contribution in [0.4, 0.5) is 0 Å². The van der Waals surface area contributed by atoms with Crippen molar-refractivity contribution < 1.29 is 4.79 Å². The Kier molecular flexibility index (Phi) is 10.2. The summed E-state index contributed by atoms with van der Waals surface area (Å²) in [6.45, 7) is 3.93. The van der Waals surface area contributed by atoms with E-state index in [9.17, 15) is 4.79 Å². The molecular weight excluding hydrogens is 396 g/mol. The molecule has 2 aromatic heterocycles. The first-order chi connectivity index (χ1) is 15.8. The number of aromatic nitrogens is 3. The molecule has 0 aliphatic rings. The number of unbranched alkanes of at least 4 members (excludes halogenated alkanes) is 8. The van der Waals surface area contributed by atoms with Crippen LogP contribution < -0.4 is 5.32 Å². The second-order valence-corrected chi connectivity index (χ2v) is 8.59. The van der Waals surface area contributed by atoms with Crippen molar-refractivity contribution in [3.8, 4) is 0 Å². The summed E-state index contributed by atoms with van der Waals surface area (Å²) in [4.78, 5) is 21.1. The van der Waals surface area contributed by atoms with Gasteiger partial charge in [-0.05, 0) is 37.1 Å². The van der Waals surface area contributed by atoms with Gasteiger partial charge >= 0.3 is 0 Å². The van der Waals surface area contributed by atoms with E-state index >= 15 is 0 Å². The number of para-hydroxylation sites is 2. The minimum atomic E-state index is -0.0457. The van der Waals surface area contributed by atoms with Gasteiger partial charge < -0.3 is 9.88 Å². The van der Waals surface area contributed by atoms with Gasteiger partial charge in [0.15, 0.2) is 0 Å². The van der Waals surface area contributed by atoms with E-state index in [1.54, 1.807) is 24.5 Å². The van der Waals surface area contributed by atoms with E-state index in [0.29, 0.717) is 12.1 Å². The second-order valence-electron chi connectivity index (χ2n) is 8.59. The predicted octanol–water partition coefficient (Wildman–Crippen LogP) is 6.32. The highest BCUT2D eigenvalue weighted by molar-refractivity contribution is 5.93. The summed E-state index contributed by atoms with van der Waals surface area (Å²) in [6, 6.07) is 11.9. The zero-order chi connectivity index (χ0) is 22.4. The quantitative estimate of drug-likeness (QED) is 0.285. The van der Waals surface area contributed by atoms with Gasteiger partial charge in [-0.1, -0.05) is 70.4 Å². The molecule has 5 nitrogen and oxygen atoms in total. The van der Waals surface area contributed by atoms with E-state index in [2.05, 4.69) is 46.1 Å². The Morgan fingerprint density at radius 1 is 0.875 bits per heavy atom. The minimum absolute atomic E-state index is 0.0457. The van der Waals surface area contributed by atoms with Crippen molar-refractivity contribution in [3.05, 3.63) is 60.2 Å². The van der Waals surface area contributed by atoms with E-state index in [4.69, 9.17) is 4.98 Å². The van der Waals surface area contributed by atoms with Crippen molar-refractivity contribution in [2.24, 2.45) is 0 Å². The number of hydrogen-bond donors (Lipinski definition) is 1.